The fourth-order valence-electron chi connectivity index (χ4n) is 2.58. The number of piperidine rings is 1. The predicted octanol–water partition coefficient (Wildman–Crippen LogP) is 3.46. The van der Waals surface area contributed by atoms with E-state index in [9.17, 15) is 28.1 Å². The van der Waals surface area contributed by atoms with Gasteiger partial charge >= 0.3 is 6.18 Å². The van der Waals surface area contributed by atoms with E-state index in [4.69, 9.17) is 11.6 Å². The largest absolute Gasteiger partial charge is 0.393 e. The Hall–Kier alpha value is -1.87. The molecule has 1 unspecified atom stereocenters. The lowest BCUT2D eigenvalue weighted by Crippen LogP contribution is -2.44. The van der Waals surface area contributed by atoms with E-state index >= 15 is 0 Å². The summed E-state index contributed by atoms with van der Waals surface area (Å²) in [5, 5.41) is 13.1. The number of carbonyl (C=O) groups excluding carboxylic acids is 1. The van der Waals surface area contributed by atoms with Gasteiger partial charge in [-0.2, -0.15) is 13.2 Å². The number of likely N-dealkylation sites (tertiary alicyclic amines) is 1. The molecule has 0 radical (unpaired) electrons. The fraction of sp³-hybridized carbons (Fsp3) is 0.500. The number of carbonyl (C=O) groups is 1. The first-order valence-corrected chi connectivity index (χ1v) is 7.57. The van der Waals surface area contributed by atoms with Gasteiger partial charge in [0.2, 0.25) is 5.91 Å². The number of nitrogens with zero attached hydrogens (tertiary/aromatic N) is 2. The highest BCUT2D eigenvalue weighted by atomic mass is 35.5. The van der Waals surface area contributed by atoms with E-state index in [-0.39, 0.29) is 35.9 Å². The van der Waals surface area contributed by atoms with Crippen molar-refractivity contribution in [3.63, 3.8) is 0 Å². The number of halogens is 4. The molecule has 132 valence electrons. The maximum Gasteiger partial charge on any atom is 0.393 e. The van der Waals surface area contributed by atoms with Crippen LogP contribution in [0.1, 0.15) is 12.8 Å². The van der Waals surface area contributed by atoms with Crippen LogP contribution in [0.3, 0.4) is 0 Å². The van der Waals surface area contributed by atoms with Gasteiger partial charge in [0.1, 0.15) is 0 Å². The smallest absolute Gasteiger partial charge is 0.324 e. The number of hydrogen-bond donors (Lipinski definition) is 1. The van der Waals surface area contributed by atoms with E-state index in [2.05, 4.69) is 5.32 Å². The first kappa shape index (κ1) is 18.5. The second-order valence-corrected chi connectivity index (χ2v) is 5.99. The highest BCUT2D eigenvalue weighted by Gasteiger charge is 2.41. The summed E-state index contributed by atoms with van der Waals surface area (Å²) in [6, 6.07) is 3.56. The van der Waals surface area contributed by atoms with Crippen LogP contribution >= 0.6 is 11.6 Å². The average molecular weight is 366 g/mol. The molecule has 1 N–H and O–H groups in total. The van der Waals surface area contributed by atoms with Crippen molar-refractivity contribution in [2.75, 3.05) is 25.0 Å². The van der Waals surface area contributed by atoms with Gasteiger partial charge in [-0.3, -0.25) is 19.8 Å². The molecule has 1 fully saturated rings. The number of nitrogens with one attached hydrogen (secondary N) is 1. The standard InChI is InChI=1S/C14H15ClF3N3O3/c15-11-6-10(21(23)24)3-4-12(11)19-13(22)8-20-5-1-2-9(7-20)14(16,17)18/h3-4,6,9H,1-2,5,7-8H2,(H,19,22). The number of nitro groups is 1. The van der Waals surface area contributed by atoms with Crippen molar-refractivity contribution in [1.29, 1.82) is 0 Å². The lowest BCUT2D eigenvalue weighted by Gasteiger charge is -2.33. The summed E-state index contributed by atoms with van der Waals surface area (Å²) >= 11 is 5.86. The number of amides is 1. The van der Waals surface area contributed by atoms with Gasteiger partial charge in [0, 0.05) is 18.7 Å². The SMILES string of the molecule is O=C(CN1CCCC(C(F)(F)F)C1)Nc1ccc([N+](=O)[O-])cc1Cl. The molecule has 1 atom stereocenters. The summed E-state index contributed by atoms with van der Waals surface area (Å²) in [5.41, 5.74) is -0.0429. The Bertz CT molecular complexity index is 639. The van der Waals surface area contributed by atoms with Crippen molar-refractivity contribution in [2.45, 2.75) is 19.0 Å². The molecule has 2 rings (SSSR count). The van der Waals surface area contributed by atoms with Crippen LogP contribution in [0.2, 0.25) is 5.02 Å². The first-order chi connectivity index (χ1) is 11.2. The number of hydrogen-bond acceptors (Lipinski definition) is 4. The van der Waals surface area contributed by atoms with Gasteiger partial charge in [0.05, 0.1) is 28.1 Å². The summed E-state index contributed by atoms with van der Waals surface area (Å²) in [6.07, 6.45) is -3.83. The summed E-state index contributed by atoms with van der Waals surface area (Å²) in [4.78, 5) is 23.4. The van der Waals surface area contributed by atoms with Crippen molar-refractivity contribution in [1.82, 2.24) is 4.90 Å². The van der Waals surface area contributed by atoms with E-state index in [1.807, 2.05) is 0 Å². The Kier molecular flexibility index (Phi) is 5.66. The van der Waals surface area contributed by atoms with E-state index in [0.29, 0.717) is 13.0 Å². The van der Waals surface area contributed by atoms with Gasteiger partial charge < -0.3 is 5.32 Å². The molecule has 10 heteroatoms. The van der Waals surface area contributed by atoms with Crippen LogP contribution in [0.25, 0.3) is 0 Å². The van der Waals surface area contributed by atoms with Gasteiger partial charge in [-0.25, -0.2) is 0 Å². The van der Waals surface area contributed by atoms with Crippen molar-refractivity contribution in [2.24, 2.45) is 5.92 Å². The van der Waals surface area contributed by atoms with E-state index in [1.165, 1.54) is 17.0 Å². The van der Waals surface area contributed by atoms with Crippen LogP contribution in [-0.2, 0) is 4.79 Å². The second-order valence-electron chi connectivity index (χ2n) is 5.59. The molecular formula is C14H15ClF3N3O3. The minimum atomic E-state index is -4.27. The zero-order valence-electron chi connectivity index (χ0n) is 12.5. The number of anilines is 1. The lowest BCUT2D eigenvalue weighted by molar-refractivity contribution is -0.384. The van der Waals surface area contributed by atoms with Crippen LogP contribution in [0, 0.1) is 16.0 Å². The molecule has 1 aliphatic heterocycles. The van der Waals surface area contributed by atoms with Crippen LogP contribution in [0.5, 0.6) is 0 Å². The van der Waals surface area contributed by atoms with Gasteiger partial charge in [-0.05, 0) is 25.5 Å². The number of rotatable bonds is 4. The molecule has 0 saturated carbocycles. The normalized spacial score (nSPS) is 19.1. The van der Waals surface area contributed by atoms with Gasteiger partial charge in [0.15, 0.2) is 0 Å². The van der Waals surface area contributed by atoms with Crippen LogP contribution in [0.4, 0.5) is 24.5 Å². The summed E-state index contributed by atoms with van der Waals surface area (Å²) in [7, 11) is 0. The molecular weight excluding hydrogens is 351 g/mol. The summed E-state index contributed by atoms with van der Waals surface area (Å²) < 4.78 is 38.3. The predicted molar refractivity (Wildman–Crippen MR) is 82.0 cm³/mol. The maximum absolute atomic E-state index is 12.8. The van der Waals surface area contributed by atoms with Gasteiger partial charge in [-0.1, -0.05) is 11.6 Å². The number of benzene rings is 1. The third-order valence-corrected chi connectivity index (χ3v) is 4.09. The zero-order valence-corrected chi connectivity index (χ0v) is 13.2. The third-order valence-electron chi connectivity index (χ3n) is 3.77. The van der Waals surface area contributed by atoms with E-state index < -0.39 is 22.9 Å². The topological polar surface area (TPSA) is 75.5 Å². The van der Waals surface area contributed by atoms with Crippen LogP contribution in [-0.4, -0.2) is 41.5 Å². The molecule has 0 aliphatic carbocycles. The molecule has 6 nitrogen and oxygen atoms in total. The number of non-ortho nitro benzene ring substituents is 1. The number of nitro benzene ring substituents is 1. The molecule has 0 aromatic heterocycles. The monoisotopic (exact) mass is 365 g/mol. The Morgan fingerprint density at radius 1 is 1.46 bits per heavy atom. The minimum Gasteiger partial charge on any atom is -0.324 e. The van der Waals surface area contributed by atoms with Crippen molar-refractivity contribution in [3.8, 4) is 0 Å². The van der Waals surface area contributed by atoms with Gasteiger partial charge in [0.25, 0.3) is 5.69 Å². The zero-order chi connectivity index (χ0) is 17.9. The molecule has 24 heavy (non-hydrogen) atoms. The molecule has 0 bridgehead atoms. The van der Waals surface area contributed by atoms with Crippen molar-refractivity contribution >= 4 is 28.9 Å². The number of alkyl halides is 3. The Morgan fingerprint density at radius 2 is 2.17 bits per heavy atom. The second kappa shape index (κ2) is 7.35. The maximum atomic E-state index is 12.8. The quantitative estimate of drug-likeness (QED) is 0.655. The van der Waals surface area contributed by atoms with E-state index in [1.54, 1.807) is 0 Å². The van der Waals surface area contributed by atoms with Crippen molar-refractivity contribution < 1.29 is 22.9 Å². The molecule has 1 aliphatic rings. The highest BCUT2D eigenvalue weighted by molar-refractivity contribution is 6.34. The highest BCUT2D eigenvalue weighted by Crippen LogP contribution is 2.33. The molecule has 1 heterocycles. The minimum absolute atomic E-state index is 0.00985. The average Bonchev–Trinajstić information content (AvgIpc) is 2.48. The van der Waals surface area contributed by atoms with Gasteiger partial charge in [-0.15, -0.1) is 0 Å². The Labute approximate surface area is 140 Å². The third kappa shape index (κ3) is 4.81. The summed E-state index contributed by atoms with van der Waals surface area (Å²) in [5.74, 6) is -1.95. The Balaban J connectivity index is 1.95. The van der Waals surface area contributed by atoms with Crippen LogP contribution in [0.15, 0.2) is 18.2 Å². The molecule has 1 aromatic carbocycles. The van der Waals surface area contributed by atoms with E-state index in [0.717, 1.165) is 6.07 Å². The molecule has 1 saturated heterocycles. The molecule has 1 amide bonds. The first-order valence-electron chi connectivity index (χ1n) is 7.19. The lowest BCUT2D eigenvalue weighted by atomic mass is 9.97. The molecule has 0 spiro atoms. The van der Waals surface area contributed by atoms with Crippen molar-refractivity contribution in [3.05, 3.63) is 33.3 Å². The Morgan fingerprint density at radius 3 is 2.75 bits per heavy atom. The summed E-state index contributed by atoms with van der Waals surface area (Å²) in [6.45, 7) is -0.00119. The van der Waals surface area contributed by atoms with Crippen LogP contribution < -0.4 is 5.32 Å². The fourth-order valence-corrected chi connectivity index (χ4v) is 2.80. The molecule has 1 aromatic rings.